The molecule has 2 amide bonds. The number of hydrogen-bond donors (Lipinski definition) is 2. The molecular weight excluding hydrogens is 632 g/mol. The van der Waals surface area contributed by atoms with E-state index in [1.807, 2.05) is 39.8 Å². The van der Waals surface area contributed by atoms with Gasteiger partial charge in [-0.2, -0.15) is 0 Å². The van der Waals surface area contributed by atoms with Gasteiger partial charge >= 0.3 is 13.5 Å². The molecule has 2 N–H and O–H groups in total. The highest BCUT2D eigenvalue weighted by atomic mass is 31.0. The summed E-state index contributed by atoms with van der Waals surface area (Å²) in [5, 5.41) is 14.7. The van der Waals surface area contributed by atoms with Gasteiger partial charge in [0, 0.05) is 24.7 Å². The summed E-state index contributed by atoms with van der Waals surface area (Å²) in [6.07, 6.45) is -0.603. The second-order valence-electron chi connectivity index (χ2n) is 13.7. The molecule has 4 rings (SSSR count). The molecule has 0 aliphatic carbocycles. The number of hydrogen-bond acceptors (Lipinski definition) is 9. The normalized spacial score (nSPS) is 18.2. The standard InChI is InChI=1S/C35H49BN3O8P/c1-21(2)47-20-35(5,6)17-31(40)36-37-25-10-8-24(9-11-25)19-46-34(43)39-27-16-30(45-13-12-23(4)48)29(44-7)15-26(27)32(41)38-18-22(3)14-28(38)33(39)42/h8-11,15-16,21,23,28,33,36-37,42H,3,12-14,17-20,48H2,1-2,4-7H3/t23?,28-,33-/m0/s1. The smallest absolute Gasteiger partial charge is 0.416 e. The van der Waals surface area contributed by atoms with E-state index in [-0.39, 0.29) is 54.9 Å². The van der Waals surface area contributed by atoms with Crippen LogP contribution in [0.1, 0.15) is 69.8 Å². The molecule has 1 saturated heterocycles. The lowest BCUT2D eigenvalue weighted by Gasteiger charge is -2.31. The van der Waals surface area contributed by atoms with E-state index < -0.39 is 18.4 Å². The number of aliphatic hydroxyl groups excluding tert-OH is 1. The Morgan fingerprint density at radius 1 is 1.17 bits per heavy atom. The van der Waals surface area contributed by atoms with E-state index in [0.717, 1.165) is 22.6 Å². The van der Waals surface area contributed by atoms with Gasteiger partial charge in [0.1, 0.15) is 12.3 Å². The van der Waals surface area contributed by atoms with E-state index in [4.69, 9.17) is 18.9 Å². The molecule has 11 nitrogen and oxygen atoms in total. The van der Waals surface area contributed by atoms with Crippen molar-refractivity contribution in [3.8, 4) is 11.5 Å². The molecule has 2 aliphatic heterocycles. The summed E-state index contributed by atoms with van der Waals surface area (Å²) >= 11 is 0. The average Bonchev–Trinajstić information content (AvgIpc) is 3.40. The fraction of sp³-hybridized carbons (Fsp3) is 0.514. The maximum atomic E-state index is 13.8. The molecular formula is C35H49BN3O8P. The fourth-order valence-electron chi connectivity index (χ4n) is 5.71. The molecule has 48 heavy (non-hydrogen) atoms. The SMILES string of the molecule is C=C1C[C@H]2[C@H](O)N(C(=O)OCc3ccc(NBC(=O)CC(C)(C)COC(C)C)cc3)c3cc(OCCC(C)P)c(OC)cc3C(=O)N2C1. The molecule has 2 heterocycles. The first-order valence-electron chi connectivity index (χ1n) is 16.4. The first kappa shape index (κ1) is 37.2. The van der Waals surface area contributed by atoms with Crippen LogP contribution < -0.4 is 19.6 Å². The summed E-state index contributed by atoms with van der Waals surface area (Å²) in [5.74, 6) is 0.345. The number of nitrogens with zero attached hydrogens (tertiary/aromatic N) is 2. The van der Waals surface area contributed by atoms with Gasteiger partial charge in [0.2, 0.25) is 0 Å². The maximum absolute atomic E-state index is 13.8. The van der Waals surface area contributed by atoms with Crippen LogP contribution in [0.5, 0.6) is 11.5 Å². The number of ether oxygens (including phenoxy) is 4. The third-order valence-corrected chi connectivity index (χ3v) is 8.58. The van der Waals surface area contributed by atoms with Crippen LogP contribution in [0.3, 0.4) is 0 Å². The highest BCUT2D eigenvalue weighted by Crippen LogP contribution is 2.42. The molecule has 2 aromatic carbocycles. The van der Waals surface area contributed by atoms with Crippen molar-refractivity contribution in [3.05, 3.63) is 59.7 Å². The summed E-state index contributed by atoms with van der Waals surface area (Å²) in [4.78, 5) is 42.8. The number of methoxy groups -OCH3 is 1. The van der Waals surface area contributed by atoms with Gasteiger partial charge in [-0.3, -0.25) is 4.79 Å². The first-order chi connectivity index (χ1) is 22.7. The lowest BCUT2D eigenvalue weighted by molar-refractivity contribution is -0.115. The van der Waals surface area contributed by atoms with Crippen LogP contribution in [-0.4, -0.2) is 86.0 Å². The molecule has 2 aliphatic rings. The number of nitrogens with one attached hydrogen (secondary N) is 1. The van der Waals surface area contributed by atoms with E-state index >= 15 is 0 Å². The largest absolute Gasteiger partial charge is 0.493 e. The number of rotatable bonds is 15. The van der Waals surface area contributed by atoms with Gasteiger partial charge in [0.15, 0.2) is 17.7 Å². The Bertz CT molecular complexity index is 1480. The number of fused-ring (bicyclic) bond motifs is 2. The number of carbonyl (C=O) groups is 3. The molecule has 0 bridgehead atoms. The van der Waals surface area contributed by atoms with Gasteiger partial charge in [-0.1, -0.05) is 45.1 Å². The topological polar surface area (TPSA) is 127 Å². The van der Waals surface area contributed by atoms with Gasteiger partial charge < -0.3 is 39.0 Å². The molecule has 2 aromatic rings. The monoisotopic (exact) mass is 681 g/mol. The Labute approximate surface area is 286 Å². The minimum absolute atomic E-state index is 0.0784. The predicted molar refractivity (Wildman–Crippen MR) is 191 cm³/mol. The van der Waals surface area contributed by atoms with Crippen molar-refractivity contribution in [2.24, 2.45) is 5.41 Å². The van der Waals surface area contributed by atoms with E-state index in [2.05, 4.69) is 28.0 Å². The average molecular weight is 682 g/mol. The number of anilines is 2. The van der Waals surface area contributed by atoms with E-state index in [0.29, 0.717) is 48.8 Å². The van der Waals surface area contributed by atoms with Crippen LogP contribution in [-0.2, 0) is 20.9 Å². The van der Waals surface area contributed by atoms with Crippen molar-refractivity contribution in [1.29, 1.82) is 0 Å². The number of benzene rings is 2. The van der Waals surface area contributed by atoms with Crippen LogP contribution in [0.2, 0.25) is 0 Å². The minimum Gasteiger partial charge on any atom is -0.493 e. The number of amides is 2. The highest BCUT2D eigenvalue weighted by molar-refractivity contribution is 7.17. The van der Waals surface area contributed by atoms with Crippen molar-refractivity contribution < 1.29 is 38.4 Å². The lowest BCUT2D eigenvalue weighted by Crippen LogP contribution is -2.50. The molecule has 1 fully saturated rings. The van der Waals surface area contributed by atoms with Gasteiger partial charge in [-0.05, 0) is 61.5 Å². The Morgan fingerprint density at radius 2 is 1.88 bits per heavy atom. The number of aliphatic hydroxyl groups is 1. The summed E-state index contributed by atoms with van der Waals surface area (Å²) in [7, 11) is 4.39. The minimum atomic E-state index is -1.39. The van der Waals surface area contributed by atoms with Gasteiger partial charge in [-0.25, -0.2) is 9.69 Å². The van der Waals surface area contributed by atoms with Gasteiger partial charge in [0.05, 0.1) is 43.7 Å². The van der Waals surface area contributed by atoms with E-state index in [9.17, 15) is 19.5 Å². The molecule has 0 spiro atoms. The zero-order valence-corrected chi connectivity index (χ0v) is 30.1. The molecule has 0 radical (unpaired) electrons. The summed E-state index contributed by atoms with van der Waals surface area (Å²) in [6.45, 7) is 15.1. The van der Waals surface area contributed by atoms with Crippen molar-refractivity contribution in [1.82, 2.24) is 4.90 Å². The Balaban J connectivity index is 1.47. The second kappa shape index (κ2) is 16.2. The zero-order valence-electron chi connectivity index (χ0n) is 28.9. The Kier molecular flexibility index (Phi) is 12.6. The molecule has 4 atom stereocenters. The van der Waals surface area contributed by atoms with E-state index in [1.165, 1.54) is 12.0 Å². The zero-order chi connectivity index (χ0) is 35.2. The van der Waals surface area contributed by atoms with Crippen LogP contribution in [0.15, 0.2) is 48.6 Å². The van der Waals surface area contributed by atoms with Crippen molar-refractivity contribution >= 4 is 45.7 Å². The summed E-state index contributed by atoms with van der Waals surface area (Å²) in [5.41, 5.74) is 2.74. The van der Waals surface area contributed by atoms with Gasteiger partial charge in [-0.15, -0.1) is 9.24 Å². The predicted octanol–water partition coefficient (Wildman–Crippen LogP) is 5.10. The van der Waals surface area contributed by atoms with Crippen molar-refractivity contribution in [2.75, 3.05) is 37.0 Å². The van der Waals surface area contributed by atoms with Crippen LogP contribution in [0.4, 0.5) is 16.2 Å². The fourth-order valence-corrected chi connectivity index (χ4v) is 5.85. The third-order valence-electron chi connectivity index (χ3n) is 8.25. The summed E-state index contributed by atoms with van der Waals surface area (Å²) in [6, 6.07) is 9.62. The Hall–Kier alpha value is -3.60. The quantitative estimate of drug-likeness (QED) is 0.150. The van der Waals surface area contributed by atoms with Crippen molar-refractivity contribution in [2.45, 2.75) is 84.5 Å². The van der Waals surface area contributed by atoms with Crippen LogP contribution in [0.25, 0.3) is 0 Å². The molecule has 0 saturated carbocycles. The van der Waals surface area contributed by atoms with Gasteiger partial charge in [0.25, 0.3) is 5.91 Å². The lowest BCUT2D eigenvalue weighted by atomic mass is 9.76. The highest BCUT2D eigenvalue weighted by Gasteiger charge is 2.46. The Morgan fingerprint density at radius 3 is 2.52 bits per heavy atom. The molecule has 260 valence electrons. The maximum Gasteiger partial charge on any atom is 0.416 e. The first-order valence-corrected chi connectivity index (χ1v) is 17.0. The molecule has 2 unspecified atom stereocenters. The van der Waals surface area contributed by atoms with Crippen LogP contribution in [0, 0.1) is 5.41 Å². The van der Waals surface area contributed by atoms with Crippen molar-refractivity contribution in [3.63, 3.8) is 0 Å². The molecule has 13 heteroatoms. The summed E-state index contributed by atoms with van der Waals surface area (Å²) < 4.78 is 23.0. The second-order valence-corrected chi connectivity index (χ2v) is 14.9. The van der Waals surface area contributed by atoms with Crippen LogP contribution >= 0.6 is 9.24 Å². The third kappa shape index (κ3) is 9.52. The number of carbonyl (C=O) groups excluding carboxylic acids is 3. The molecule has 0 aromatic heterocycles. The van der Waals surface area contributed by atoms with E-state index in [1.54, 1.807) is 24.3 Å².